The summed E-state index contributed by atoms with van der Waals surface area (Å²) in [5.41, 5.74) is -0.949. The van der Waals surface area contributed by atoms with Crippen LogP contribution in [-0.4, -0.2) is 22.5 Å². The summed E-state index contributed by atoms with van der Waals surface area (Å²) in [4.78, 5) is 16.7. The van der Waals surface area contributed by atoms with Gasteiger partial charge >= 0.3 is 5.84 Å². The van der Waals surface area contributed by atoms with Crippen molar-refractivity contribution in [1.82, 2.24) is 5.32 Å². The van der Waals surface area contributed by atoms with E-state index in [2.05, 4.69) is 10.3 Å². The fourth-order valence-corrected chi connectivity index (χ4v) is 2.08. The van der Waals surface area contributed by atoms with Crippen LogP contribution in [0, 0.1) is 5.82 Å². The van der Waals surface area contributed by atoms with E-state index in [-0.39, 0.29) is 12.4 Å². The second-order valence-electron chi connectivity index (χ2n) is 4.68. The number of halogens is 1. The third kappa shape index (κ3) is 2.74. The van der Waals surface area contributed by atoms with E-state index in [1.807, 2.05) is 0 Å². The van der Waals surface area contributed by atoms with E-state index < -0.39 is 54.8 Å². The average molecular weight is 306 g/mol. The Morgan fingerprint density at radius 2 is 2.32 bits per heavy atom. The largest absolute Gasteiger partial charge is 0.345 e. The maximum Gasteiger partial charge on any atom is 0.308 e. The Labute approximate surface area is 139 Å². The first kappa shape index (κ1) is 7.63. The van der Waals surface area contributed by atoms with Crippen LogP contribution in [0.3, 0.4) is 0 Å². The minimum absolute atomic E-state index is 0.0456. The summed E-state index contributed by atoms with van der Waals surface area (Å²) in [7, 11) is 0. The third-order valence-electron chi connectivity index (χ3n) is 3.13. The minimum Gasteiger partial charge on any atom is -0.345 e. The zero-order valence-corrected chi connectivity index (χ0v) is 11.4. The van der Waals surface area contributed by atoms with Gasteiger partial charge in [-0.2, -0.15) is 4.58 Å². The molecule has 0 fully saturated rings. The summed E-state index contributed by atoms with van der Waals surface area (Å²) in [6, 6.07) is 4.76. The molecule has 1 N–H and O–H groups in total. The van der Waals surface area contributed by atoms with Gasteiger partial charge in [-0.1, -0.05) is 18.2 Å². The van der Waals surface area contributed by atoms with Gasteiger partial charge in [0.25, 0.3) is 5.91 Å². The van der Waals surface area contributed by atoms with Crippen molar-refractivity contribution in [3.8, 4) is 0 Å². The van der Waals surface area contributed by atoms with Crippen molar-refractivity contribution in [2.45, 2.75) is 26.6 Å². The molecule has 0 spiro atoms. The van der Waals surface area contributed by atoms with Gasteiger partial charge in [0.15, 0.2) is 0 Å². The van der Waals surface area contributed by atoms with Crippen LogP contribution >= 0.6 is 0 Å². The molecule has 0 bridgehead atoms. The van der Waals surface area contributed by atoms with Crippen molar-refractivity contribution in [3.63, 3.8) is 0 Å². The standard InChI is InChI=1S/C17H16FN3O/c1-11-3-8-15-20-12(2)16(21(15)10-11)17(22)19-9-13-4-6-14(18)7-5-13/h3-7,10H,8-9H2,1-2H3/p+1/i1D3,2D3,3D,8D. The topological polar surface area (TPSA) is 44.5 Å². The SMILES string of the molecule is [2H]C1=C(C([2H])([2H])[2H])C=[N+]2C(=NC(C([2H])([2H])[2H])=C2C(=O)NCc2ccc(F)cc2)C1[2H]. The molecular formula is C17H17FN3O+. The molecule has 2 aliphatic heterocycles. The molecule has 0 saturated heterocycles. The maximum absolute atomic E-state index is 13.0. The van der Waals surface area contributed by atoms with Crippen LogP contribution in [0.25, 0.3) is 0 Å². The molecule has 5 heteroatoms. The molecule has 0 aliphatic carbocycles. The maximum atomic E-state index is 13.0. The highest BCUT2D eigenvalue weighted by Crippen LogP contribution is 2.21. The number of amidine groups is 1. The van der Waals surface area contributed by atoms with Gasteiger partial charge in [0.1, 0.15) is 5.82 Å². The average Bonchev–Trinajstić information content (AvgIpc) is 3.03. The lowest BCUT2D eigenvalue weighted by atomic mass is 10.2. The van der Waals surface area contributed by atoms with Gasteiger partial charge in [-0.05, 0) is 35.1 Å². The van der Waals surface area contributed by atoms with Crippen LogP contribution in [0.4, 0.5) is 4.39 Å². The number of carbonyl (C=O) groups excluding carboxylic acids is 1. The number of fused-ring (bicyclic) bond motifs is 1. The fourth-order valence-electron chi connectivity index (χ4n) is 2.08. The summed E-state index contributed by atoms with van der Waals surface area (Å²) in [6.45, 7) is -5.60. The van der Waals surface area contributed by atoms with Gasteiger partial charge in [-0.25, -0.2) is 4.39 Å². The number of rotatable bonds is 3. The molecule has 0 radical (unpaired) electrons. The molecule has 3 rings (SSSR count). The quantitative estimate of drug-likeness (QED) is 0.857. The van der Waals surface area contributed by atoms with Gasteiger partial charge in [-0.15, -0.1) is 0 Å². The Bertz CT molecular complexity index is 1020. The van der Waals surface area contributed by atoms with Crippen LogP contribution in [0.1, 0.15) is 36.6 Å². The number of benzene rings is 1. The van der Waals surface area contributed by atoms with Gasteiger partial charge in [-0.3, -0.25) is 4.79 Å². The molecular weight excluding hydrogens is 281 g/mol. The van der Waals surface area contributed by atoms with Crippen molar-refractivity contribution in [2.24, 2.45) is 4.99 Å². The molecule has 1 amide bonds. The Hall–Kier alpha value is -2.56. The number of nitrogens with one attached hydrogen (secondary N) is 1. The Kier molecular flexibility index (Phi) is 1.97. The van der Waals surface area contributed by atoms with Crippen molar-refractivity contribution in [3.05, 3.63) is 58.7 Å². The molecule has 1 unspecified atom stereocenters. The first-order valence-corrected chi connectivity index (χ1v) is 6.44. The number of allylic oxidation sites excluding steroid dienone is 2. The molecule has 1 atom stereocenters. The summed E-state index contributed by atoms with van der Waals surface area (Å²) < 4.78 is 75.8. The number of hydrogen-bond acceptors (Lipinski definition) is 2. The highest BCUT2D eigenvalue weighted by molar-refractivity contribution is 6.00. The van der Waals surface area contributed by atoms with Crippen LogP contribution in [-0.2, 0) is 11.3 Å². The lowest BCUT2D eigenvalue weighted by molar-refractivity contribution is -0.337. The number of hydrogen-bond donors (Lipinski definition) is 1. The predicted octanol–water partition coefficient (Wildman–Crippen LogP) is 2.52. The van der Waals surface area contributed by atoms with E-state index in [1.165, 1.54) is 24.3 Å². The van der Waals surface area contributed by atoms with Crippen molar-refractivity contribution in [1.29, 1.82) is 0 Å². The molecule has 112 valence electrons. The molecule has 4 nitrogen and oxygen atoms in total. The lowest BCUT2D eigenvalue weighted by Crippen LogP contribution is -2.32. The number of carbonyl (C=O) groups is 1. The normalized spacial score (nSPS) is 27.0. The third-order valence-corrected chi connectivity index (χ3v) is 3.13. The second kappa shape index (κ2) is 5.67. The Morgan fingerprint density at radius 3 is 3.05 bits per heavy atom. The van der Waals surface area contributed by atoms with Gasteiger partial charge < -0.3 is 5.32 Å². The molecule has 0 saturated carbocycles. The van der Waals surface area contributed by atoms with E-state index in [9.17, 15) is 9.18 Å². The zero-order valence-electron chi connectivity index (χ0n) is 19.4. The molecule has 2 aliphatic rings. The Balaban J connectivity index is 2.01. The number of aliphatic imine (C=N–C) groups is 1. The van der Waals surface area contributed by atoms with Crippen LogP contribution in [0.2, 0.25) is 0 Å². The molecule has 2 heterocycles. The van der Waals surface area contributed by atoms with Crippen LogP contribution in [0.15, 0.2) is 52.3 Å². The lowest BCUT2D eigenvalue weighted by Gasteiger charge is -2.09. The highest BCUT2D eigenvalue weighted by Gasteiger charge is 2.35. The molecule has 0 aromatic heterocycles. The van der Waals surface area contributed by atoms with Gasteiger partial charge in [0.05, 0.1) is 14.0 Å². The van der Waals surface area contributed by atoms with Crippen molar-refractivity contribution in [2.75, 3.05) is 0 Å². The van der Waals surface area contributed by atoms with Crippen molar-refractivity contribution >= 4 is 18.0 Å². The van der Waals surface area contributed by atoms with Crippen LogP contribution < -0.4 is 5.32 Å². The van der Waals surface area contributed by atoms with E-state index in [0.29, 0.717) is 5.56 Å². The van der Waals surface area contributed by atoms with Crippen molar-refractivity contribution < 1.29 is 24.7 Å². The van der Waals surface area contributed by atoms with E-state index in [0.717, 1.165) is 10.8 Å². The fraction of sp³-hybridized carbons (Fsp3) is 0.235. The molecule has 1 aromatic rings. The minimum atomic E-state index is -2.82. The molecule has 22 heavy (non-hydrogen) atoms. The smallest absolute Gasteiger partial charge is 0.308 e. The number of nitrogens with zero attached hydrogens (tertiary/aromatic N) is 2. The molecule has 1 aromatic carbocycles. The van der Waals surface area contributed by atoms with E-state index >= 15 is 0 Å². The zero-order chi connectivity index (χ0) is 22.4. The second-order valence-corrected chi connectivity index (χ2v) is 4.68. The highest BCUT2D eigenvalue weighted by atomic mass is 19.1. The van der Waals surface area contributed by atoms with Gasteiger partial charge in [0.2, 0.25) is 11.4 Å². The summed E-state index contributed by atoms with van der Waals surface area (Å²) in [6.07, 6.45) is -0.602. The summed E-state index contributed by atoms with van der Waals surface area (Å²) >= 11 is 0. The Morgan fingerprint density at radius 1 is 1.50 bits per heavy atom. The summed E-state index contributed by atoms with van der Waals surface area (Å²) in [5, 5.41) is 2.51. The summed E-state index contributed by atoms with van der Waals surface area (Å²) in [5.74, 6) is -1.54. The first-order chi connectivity index (χ1) is 13.8. The predicted molar refractivity (Wildman–Crippen MR) is 83.1 cm³/mol. The monoisotopic (exact) mass is 306 g/mol. The number of amides is 1. The van der Waals surface area contributed by atoms with E-state index in [4.69, 9.17) is 11.0 Å². The van der Waals surface area contributed by atoms with Gasteiger partial charge in [0, 0.05) is 23.0 Å². The van der Waals surface area contributed by atoms with E-state index in [1.54, 1.807) is 0 Å². The first-order valence-electron chi connectivity index (χ1n) is 10.5. The van der Waals surface area contributed by atoms with Crippen LogP contribution in [0.5, 0.6) is 0 Å².